The average molecular weight is 429 g/mol. The molecule has 0 aliphatic rings. The van der Waals surface area contributed by atoms with Crippen molar-refractivity contribution in [1.82, 2.24) is 15.1 Å². The number of benzene rings is 3. The lowest BCUT2D eigenvalue weighted by Crippen LogP contribution is -2.34. The molecule has 3 aromatic carbocycles. The van der Waals surface area contributed by atoms with Crippen LogP contribution in [0.3, 0.4) is 0 Å². The topological polar surface area (TPSA) is 59.0 Å². The van der Waals surface area contributed by atoms with Gasteiger partial charge in [0.2, 0.25) is 0 Å². The lowest BCUT2D eigenvalue weighted by Gasteiger charge is -2.11. The fraction of sp³-hybridized carbons (Fsp3) is 0.160. The van der Waals surface area contributed by atoms with Crippen LogP contribution in [0.15, 0.2) is 66.7 Å². The van der Waals surface area contributed by atoms with E-state index < -0.39 is 0 Å². The Labute approximate surface area is 187 Å². The molecule has 0 aliphatic carbocycles. The zero-order chi connectivity index (χ0) is 22.0. The maximum atomic E-state index is 12.7. The molecule has 0 atom stereocenters. The van der Waals surface area contributed by atoms with Crippen molar-refractivity contribution in [1.29, 1.82) is 0 Å². The number of hydrogen-bond acceptors (Lipinski definition) is 3. The number of hydrogen-bond donors (Lipinski definition) is 2. The van der Waals surface area contributed by atoms with E-state index in [1.165, 1.54) is 16.8 Å². The maximum Gasteiger partial charge on any atom is 0.258 e. The minimum absolute atomic E-state index is 0.228. The first kappa shape index (κ1) is 20.8. The molecule has 6 heteroatoms. The van der Waals surface area contributed by atoms with E-state index >= 15 is 0 Å². The van der Waals surface area contributed by atoms with Crippen LogP contribution in [0.4, 0.5) is 5.69 Å². The number of aryl methyl sites for hydroxylation is 2. The first-order valence-corrected chi connectivity index (χ1v) is 10.5. The third-order valence-electron chi connectivity index (χ3n) is 5.51. The van der Waals surface area contributed by atoms with Crippen LogP contribution in [0.5, 0.6) is 0 Å². The highest BCUT2D eigenvalue weighted by molar-refractivity contribution is 7.80. The summed E-state index contributed by atoms with van der Waals surface area (Å²) in [6.07, 6.45) is 0.827. The van der Waals surface area contributed by atoms with E-state index in [2.05, 4.69) is 34.8 Å². The third kappa shape index (κ3) is 4.49. The first-order chi connectivity index (χ1) is 14.9. The molecule has 2 N–H and O–H groups in total. The second kappa shape index (κ2) is 8.70. The molecule has 1 amide bonds. The van der Waals surface area contributed by atoms with E-state index in [0.29, 0.717) is 5.56 Å². The summed E-state index contributed by atoms with van der Waals surface area (Å²) in [6, 6.07) is 21.5. The van der Waals surface area contributed by atoms with Gasteiger partial charge in [-0.3, -0.25) is 14.8 Å². The number of fused-ring (bicyclic) bond motifs is 1. The Bertz CT molecular complexity index is 1270. The smallest absolute Gasteiger partial charge is 0.258 e. The summed E-state index contributed by atoms with van der Waals surface area (Å²) in [6.45, 7) is 4.12. The van der Waals surface area contributed by atoms with Gasteiger partial charge in [0.1, 0.15) is 0 Å². The number of amides is 1. The molecule has 0 saturated heterocycles. The molecule has 4 aromatic rings. The van der Waals surface area contributed by atoms with Crippen molar-refractivity contribution in [2.24, 2.45) is 7.05 Å². The number of carbonyl (C=O) groups excluding carboxylic acids is 1. The second-order valence-electron chi connectivity index (χ2n) is 7.58. The molecule has 0 saturated carbocycles. The molecular weight excluding hydrogens is 404 g/mol. The standard InChI is InChI=1S/C25H24N4OS/c1-16-23(17(2)29(3)28-16)15-18-11-13-20(14-12-18)26-25(31)27-24(30)22-10-6-8-19-7-4-5-9-21(19)22/h4-14H,15H2,1-3H3,(H2,26,27,30,31). The molecule has 0 aliphatic heterocycles. The Kier molecular flexibility index (Phi) is 5.82. The Hall–Kier alpha value is -3.51. The lowest BCUT2D eigenvalue weighted by atomic mass is 10.0. The lowest BCUT2D eigenvalue weighted by molar-refractivity contribution is 0.0979. The van der Waals surface area contributed by atoms with Gasteiger partial charge in [0.25, 0.3) is 5.91 Å². The predicted molar refractivity (Wildman–Crippen MR) is 130 cm³/mol. The highest BCUT2D eigenvalue weighted by Crippen LogP contribution is 2.20. The number of rotatable bonds is 4. The number of thiocarbonyl (C=S) groups is 1. The second-order valence-corrected chi connectivity index (χ2v) is 7.99. The van der Waals surface area contributed by atoms with Gasteiger partial charge in [0, 0.05) is 36.0 Å². The summed E-state index contributed by atoms with van der Waals surface area (Å²) in [5.74, 6) is -0.228. The molecule has 0 unspecified atom stereocenters. The van der Waals surface area contributed by atoms with Crippen molar-refractivity contribution in [3.05, 3.63) is 94.8 Å². The minimum atomic E-state index is -0.228. The minimum Gasteiger partial charge on any atom is -0.332 e. The van der Waals surface area contributed by atoms with E-state index in [1.54, 1.807) is 6.07 Å². The van der Waals surface area contributed by atoms with E-state index in [4.69, 9.17) is 12.2 Å². The number of anilines is 1. The summed E-state index contributed by atoms with van der Waals surface area (Å²) >= 11 is 5.36. The van der Waals surface area contributed by atoms with E-state index in [1.807, 2.05) is 67.2 Å². The first-order valence-electron chi connectivity index (χ1n) is 10.1. The van der Waals surface area contributed by atoms with E-state index in [0.717, 1.165) is 28.6 Å². The van der Waals surface area contributed by atoms with Crippen LogP contribution < -0.4 is 10.6 Å². The summed E-state index contributed by atoms with van der Waals surface area (Å²) in [5.41, 5.74) is 6.10. The largest absolute Gasteiger partial charge is 0.332 e. The summed E-state index contributed by atoms with van der Waals surface area (Å²) in [5, 5.41) is 12.5. The van der Waals surface area contributed by atoms with Gasteiger partial charge in [-0.25, -0.2) is 0 Å². The SMILES string of the molecule is Cc1nn(C)c(C)c1Cc1ccc(NC(=S)NC(=O)c2cccc3ccccc23)cc1. The van der Waals surface area contributed by atoms with Gasteiger partial charge in [0.05, 0.1) is 5.69 Å². The fourth-order valence-electron chi connectivity index (χ4n) is 3.74. The average Bonchev–Trinajstić information content (AvgIpc) is 3.00. The van der Waals surface area contributed by atoms with Crippen molar-refractivity contribution < 1.29 is 4.79 Å². The van der Waals surface area contributed by atoms with Crippen molar-refractivity contribution in [2.45, 2.75) is 20.3 Å². The summed E-state index contributed by atoms with van der Waals surface area (Å²) in [7, 11) is 1.96. The van der Waals surface area contributed by atoms with Gasteiger partial charge in [-0.05, 0) is 60.6 Å². The highest BCUT2D eigenvalue weighted by Gasteiger charge is 2.12. The molecule has 4 rings (SSSR count). The van der Waals surface area contributed by atoms with Crippen LogP contribution >= 0.6 is 12.2 Å². The van der Waals surface area contributed by atoms with Crippen LogP contribution in [0, 0.1) is 13.8 Å². The Morgan fingerprint density at radius 1 is 1.00 bits per heavy atom. The fourth-order valence-corrected chi connectivity index (χ4v) is 3.95. The van der Waals surface area contributed by atoms with Crippen molar-refractivity contribution in [2.75, 3.05) is 5.32 Å². The van der Waals surface area contributed by atoms with Crippen LogP contribution in [0.2, 0.25) is 0 Å². The Morgan fingerprint density at radius 2 is 1.71 bits per heavy atom. The van der Waals surface area contributed by atoms with E-state index in [9.17, 15) is 4.79 Å². The summed E-state index contributed by atoms with van der Waals surface area (Å²) in [4.78, 5) is 12.7. The molecular formula is C25H24N4OS. The van der Waals surface area contributed by atoms with Crippen LogP contribution in [0.1, 0.15) is 32.9 Å². The third-order valence-corrected chi connectivity index (χ3v) is 5.72. The number of nitrogens with one attached hydrogen (secondary N) is 2. The monoisotopic (exact) mass is 428 g/mol. The number of aromatic nitrogens is 2. The van der Waals surface area contributed by atoms with Crippen LogP contribution in [-0.2, 0) is 13.5 Å². The van der Waals surface area contributed by atoms with Gasteiger partial charge >= 0.3 is 0 Å². The van der Waals surface area contributed by atoms with Gasteiger partial charge in [-0.1, -0.05) is 48.5 Å². The van der Waals surface area contributed by atoms with Crippen LogP contribution in [-0.4, -0.2) is 20.8 Å². The number of carbonyl (C=O) groups is 1. The van der Waals surface area contributed by atoms with Gasteiger partial charge in [0.15, 0.2) is 5.11 Å². The van der Waals surface area contributed by atoms with E-state index in [-0.39, 0.29) is 11.0 Å². The van der Waals surface area contributed by atoms with Crippen molar-refractivity contribution in [3.63, 3.8) is 0 Å². The molecule has 0 radical (unpaired) electrons. The predicted octanol–water partition coefficient (Wildman–Crippen LogP) is 4.91. The molecule has 1 heterocycles. The molecule has 156 valence electrons. The van der Waals surface area contributed by atoms with Gasteiger partial charge < -0.3 is 5.32 Å². The Morgan fingerprint density at radius 3 is 2.42 bits per heavy atom. The molecule has 31 heavy (non-hydrogen) atoms. The maximum absolute atomic E-state index is 12.7. The van der Waals surface area contributed by atoms with Crippen molar-refractivity contribution >= 4 is 39.7 Å². The molecule has 5 nitrogen and oxygen atoms in total. The van der Waals surface area contributed by atoms with Gasteiger partial charge in [-0.15, -0.1) is 0 Å². The zero-order valence-electron chi connectivity index (χ0n) is 17.8. The summed E-state index contributed by atoms with van der Waals surface area (Å²) < 4.78 is 1.91. The van der Waals surface area contributed by atoms with Gasteiger partial charge in [-0.2, -0.15) is 5.10 Å². The normalized spacial score (nSPS) is 10.8. The molecule has 0 spiro atoms. The quantitative estimate of drug-likeness (QED) is 0.454. The van der Waals surface area contributed by atoms with Crippen molar-refractivity contribution in [3.8, 4) is 0 Å². The zero-order valence-corrected chi connectivity index (χ0v) is 18.6. The number of nitrogens with zero attached hydrogens (tertiary/aromatic N) is 2. The molecule has 1 aromatic heterocycles. The molecule has 0 bridgehead atoms. The molecule has 0 fully saturated rings. The Balaban J connectivity index is 1.41. The van der Waals surface area contributed by atoms with Crippen LogP contribution in [0.25, 0.3) is 10.8 Å². The highest BCUT2D eigenvalue weighted by atomic mass is 32.1.